The molecule has 0 spiro atoms. The van der Waals surface area contributed by atoms with Crippen LogP contribution < -0.4 is 14.5 Å². The summed E-state index contributed by atoms with van der Waals surface area (Å²) in [5, 5.41) is 4.75. The van der Waals surface area contributed by atoms with Crippen LogP contribution in [0.5, 0.6) is 11.5 Å². The third kappa shape index (κ3) is 5.70. The summed E-state index contributed by atoms with van der Waals surface area (Å²) in [6, 6.07) is 41.6. The number of benzene rings is 5. The van der Waals surface area contributed by atoms with E-state index in [1.54, 1.807) is 0 Å². The molecule has 53 heavy (non-hydrogen) atoms. The fourth-order valence-corrected chi connectivity index (χ4v) is 7.70. The van der Waals surface area contributed by atoms with E-state index in [1.807, 2.05) is 12.3 Å². The number of anilines is 3. The molecule has 3 aromatic heterocycles. The number of nitrogens with zero attached hydrogens (tertiary/aromatic N) is 5. The van der Waals surface area contributed by atoms with E-state index in [1.165, 1.54) is 33.1 Å². The largest absolute Gasteiger partial charge is 0.509 e. The minimum atomic E-state index is -0.125. The SMILES string of the molecule is CN1[CH-]N(c2[c-]c(Oc3[c-]c4c(cc3)c3ccccc3n4-c3cc(C(C)(C)C)ccn3)cc(C(C)(C)C)c2)c2ccc3c(c21)c1ccccc1n3C.[Pt]. The maximum absolute atomic E-state index is 6.73. The first kappa shape index (κ1) is 35.0. The number of fused-ring (bicyclic) bond motifs is 8. The summed E-state index contributed by atoms with van der Waals surface area (Å²) in [5.74, 6) is 2.13. The number of para-hydroxylation sites is 2. The van der Waals surface area contributed by atoms with Crippen LogP contribution in [0.15, 0.2) is 103 Å². The van der Waals surface area contributed by atoms with Crippen molar-refractivity contribution in [1.29, 1.82) is 0 Å². The van der Waals surface area contributed by atoms with E-state index >= 15 is 0 Å². The zero-order valence-electron chi connectivity index (χ0n) is 31.4. The van der Waals surface area contributed by atoms with E-state index in [2.05, 4.69) is 184 Å². The van der Waals surface area contributed by atoms with E-state index in [9.17, 15) is 0 Å². The molecule has 0 radical (unpaired) electrons. The van der Waals surface area contributed by atoms with Crippen molar-refractivity contribution in [2.24, 2.45) is 7.05 Å². The van der Waals surface area contributed by atoms with E-state index in [0.717, 1.165) is 44.6 Å². The molecule has 5 aromatic carbocycles. The Kier molecular flexibility index (Phi) is 8.27. The topological polar surface area (TPSA) is 38.5 Å². The molecule has 9 rings (SSSR count). The van der Waals surface area contributed by atoms with Gasteiger partial charge in [0.25, 0.3) is 0 Å². The van der Waals surface area contributed by atoms with Crippen molar-refractivity contribution >= 4 is 60.7 Å². The van der Waals surface area contributed by atoms with Crippen LogP contribution in [0.2, 0.25) is 0 Å². The van der Waals surface area contributed by atoms with Gasteiger partial charge in [0.15, 0.2) is 0 Å². The Morgan fingerprint density at radius 2 is 1.38 bits per heavy atom. The second-order valence-electron chi connectivity index (χ2n) is 16.1. The predicted molar refractivity (Wildman–Crippen MR) is 215 cm³/mol. The van der Waals surface area contributed by atoms with Crippen molar-refractivity contribution in [3.63, 3.8) is 0 Å². The Labute approximate surface area is 325 Å². The zero-order valence-corrected chi connectivity index (χ0v) is 33.6. The van der Waals surface area contributed by atoms with E-state index in [-0.39, 0.29) is 31.9 Å². The molecule has 7 heteroatoms. The van der Waals surface area contributed by atoms with Gasteiger partial charge in [-0.2, -0.15) is 12.7 Å². The smallest absolute Gasteiger partial charge is 0.135 e. The minimum absolute atomic E-state index is 0. The van der Waals surface area contributed by atoms with Gasteiger partial charge in [-0.05, 0) is 65.2 Å². The number of pyridine rings is 1. The Bertz CT molecular complexity index is 2710. The first-order valence-electron chi connectivity index (χ1n) is 17.9. The molecule has 0 bridgehead atoms. The van der Waals surface area contributed by atoms with Crippen molar-refractivity contribution in [3.05, 3.63) is 133 Å². The number of aromatic nitrogens is 3. The van der Waals surface area contributed by atoms with E-state index in [4.69, 9.17) is 9.72 Å². The van der Waals surface area contributed by atoms with E-state index in [0.29, 0.717) is 11.5 Å². The third-order valence-electron chi connectivity index (χ3n) is 10.5. The Morgan fingerprint density at radius 3 is 2.13 bits per heavy atom. The number of hydrogen-bond acceptors (Lipinski definition) is 4. The Hall–Kier alpha value is -5.06. The Balaban J connectivity index is 0.00000400. The quantitative estimate of drug-likeness (QED) is 0.165. The summed E-state index contributed by atoms with van der Waals surface area (Å²) in [7, 11) is 4.27. The van der Waals surface area contributed by atoms with Gasteiger partial charge in [0.1, 0.15) is 5.82 Å². The van der Waals surface area contributed by atoms with Crippen LogP contribution >= 0.6 is 0 Å². The number of hydrogen-bond donors (Lipinski definition) is 0. The fraction of sp³-hybridized carbons (Fsp3) is 0.217. The molecule has 0 aliphatic carbocycles. The fourth-order valence-electron chi connectivity index (χ4n) is 7.70. The maximum atomic E-state index is 6.73. The summed E-state index contributed by atoms with van der Waals surface area (Å²) < 4.78 is 11.2. The second-order valence-corrected chi connectivity index (χ2v) is 16.1. The van der Waals surface area contributed by atoms with Gasteiger partial charge in [-0.25, -0.2) is 4.98 Å². The molecule has 1 aliphatic heterocycles. The molecule has 0 atom stereocenters. The van der Waals surface area contributed by atoms with Gasteiger partial charge in [-0.3, -0.25) is 0 Å². The molecular weight excluding hydrogens is 834 g/mol. The summed E-state index contributed by atoms with van der Waals surface area (Å²) >= 11 is 0. The molecule has 8 aromatic rings. The molecule has 0 saturated heterocycles. The van der Waals surface area contributed by atoms with Crippen LogP contribution in [0.4, 0.5) is 17.1 Å². The monoisotopic (exact) mass is 875 g/mol. The van der Waals surface area contributed by atoms with E-state index < -0.39 is 0 Å². The second kappa shape index (κ2) is 12.5. The van der Waals surface area contributed by atoms with Crippen molar-refractivity contribution in [3.8, 4) is 17.3 Å². The minimum Gasteiger partial charge on any atom is -0.509 e. The first-order chi connectivity index (χ1) is 24.9. The van der Waals surface area contributed by atoms with Gasteiger partial charge >= 0.3 is 0 Å². The molecular formula is C46H42N5OPt-3. The normalized spacial score (nSPS) is 13.4. The molecule has 0 saturated carbocycles. The molecule has 0 N–H and O–H groups in total. The molecule has 4 heterocycles. The van der Waals surface area contributed by atoms with Crippen LogP contribution in [0.25, 0.3) is 49.4 Å². The number of aryl methyl sites for hydroxylation is 1. The van der Waals surface area contributed by atoms with Crippen molar-refractivity contribution < 1.29 is 25.8 Å². The standard InChI is InChI=1S/C46H42N5O.Pt/c1-45(2,3)29-21-22-47-42(25-29)51-38-16-12-9-13-34(38)35-18-17-32(27-41(35)51)52-33-24-30(46(4,5)6)23-31(26-33)50-28-48(7)44-40(50)20-19-39-43(44)36-14-10-11-15-37(36)49(39)8;/h9-25,28H,1-8H3;/q-3;. The zero-order chi connectivity index (χ0) is 36.1. The van der Waals surface area contributed by atoms with Crippen molar-refractivity contribution in [2.75, 3.05) is 16.8 Å². The summed E-state index contributed by atoms with van der Waals surface area (Å²) in [4.78, 5) is 9.31. The third-order valence-corrected chi connectivity index (χ3v) is 10.5. The van der Waals surface area contributed by atoms with Crippen LogP contribution in [0.1, 0.15) is 52.7 Å². The molecule has 0 amide bonds. The maximum Gasteiger partial charge on any atom is 0.135 e. The van der Waals surface area contributed by atoms with Crippen molar-refractivity contribution in [1.82, 2.24) is 14.1 Å². The average Bonchev–Trinajstić information content (AvgIpc) is 3.74. The van der Waals surface area contributed by atoms with Crippen LogP contribution in [-0.4, -0.2) is 21.2 Å². The van der Waals surface area contributed by atoms with Crippen molar-refractivity contribution in [2.45, 2.75) is 52.4 Å². The molecule has 0 fully saturated rings. The molecule has 6 nitrogen and oxygen atoms in total. The summed E-state index contributed by atoms with van der Waals surface area (Å²) in [6.07, 6.45) is 1.90. The van der Waals surface area contributed by atoms with Gasteiger partial charge in [-0.1, -0.05) is 83.5 Å². The summed E-state index contributed by atoms with van der Waals surface area (Å²) in [6.45, 7) is 15.5. The Morgan fingerprint density at radius 1 is 0.660 bits per heavy atom. The first-order valence-corrected chi connectivity index (χ1v) is 17.9. The predicted octanol–water partition coefficient (Wildman–Crippen LogP) is 11.5. The molecule has 270 valence electrons. The van der Waals surface area contributed by atoms with Gasteiger partial charge in [0.05, 0.1) is 5.52 Å². The van der Waals surface area contributed by atoms with Gasteiger partial charge < -0.3 is 23.7 Å². The van der Waals surface area contributed by atoms with Crippen LogP contribution in [0.3, 0.4) is 0 Å². The molecule has 1 aliphatic rings. The van der Waals surface area contributed by atoms with Gasteiger partial charge in [-0.15, -0.1) is 47.0 Å². The van der Waals surface area contributed by atoms with Crippen LogP contribution in [0, 0.1) is 18.8 Å². The van der Waals surface area contributed by atoms with Crippen LogP contribution in [-0.2, 0) is 38.9 Å². The van der Waals surface area contributed by atoms with Gasteiger partial charge in [0, 0.05) is 79.0 Å². The average molecular weight is 876 g/mol. The summed E-state index contributed by atoms with van der Waals surface area (Å²) in [5.41, 5.74) is 9.90. The van der Waals surface area contributed by atoms with Gasteiger partial charge in [0.2, 0.25) is 0 Å². The molecule has 0 unspecified atom stereocenters. The number of ether oxygens (including phenoxy) is 1. The number of rotatable bonds is 4.